The summed E-state index contributed by atoms with van der Waals surface area (Å²) in [5.41, 5.74) is 0. The van der Waals surface area contributed by atoms with Gasteiger partial charge in [0.15, 0.2) is 0 Å². The van der Waals surface area contributed by atoms with Crippen molar-refractivity contribution in [2.75, 3.05) is 32.1 Å². The van der Waals surface area contributed by atoms with Crippen molar-refractivity contribution < 1.29 is 0 Å². The number of aromatic nitrogens is 2. The Morgan fingerprint density at radius 3 is 2.59 bits per heavy atom. The Morgan fingerprint density at radius 2 is 2.00 bits per heavy atom. The van der Waals surface area contributed by atoms with E-state index in [4.69, 9.17) is 11.6 Å². The molecule has 0 aliphatic carbocycles. The second-order valence-electron chi connectivity index (χ2n) is 4.48. The fraction of sp³-hybridized carbons (Fsp3) is 0.636. The fourth-order valence-electron chi connectivity index (χ4n) is 2.15. The third kappa shape index (κ3) is 2.89. The van der Waals surface area contributed by atoms with Gasteiger partial charge in [-0.15, -0.1) is 0 Å². The Bertz CT molecular complexity index is 391. The molecule has 17 heavy (non-hydrogen) atoms. The van der Waals surface area contributed by atoms with Crippen LogP contribution in [0.1, 0.15) is 12.8 Å². The molecule has 0 bridgehead atoms. The summed E-state index contributed by atoms with van der Waals surface area (Å²) in [6.45, 7) is 2.02. The Labute approximate surface area is 115 Å². The summed E-state index contributed by atoms with van der Waals surface area (Å²) in [7, 11) is 4.27. The van der Waals surface area contributed by atoms with Gasteiger partial charge < -0.3 is 9.80 Å². The van der Waals surface area contributed by atoms with Gasteiger partial charge >= 0.3 is 0 Å². The molecule has 0 unspecified atom stereocenters. The first-order valence-corrected chi connectivity index (χ1v) is 6.84. The first-order valence-electron chi connectivity index (χ1n) is 5.67. The van der Waals surface area contributed by atoms with Crippen LogP contribution in [0.4, 0.5) is 5.82 Å². The van der Waals surface area contributed by atoms with Gasteiger partial charge in [0.05, 0.1) is 4.47 Å². The topological polar surface area (TPSA) is 32.3 Å². The van der Waals surface area contributed by atoms with Gasteiger partial charge in [-0.3, -0.25) is 0 Å². The third-order valence-corrected chi connectivity index (χ3v) is 4.47. The van der Waals surface area contributed by atoms with Crippen LogP contribution in [-0.2, 0) is 0 Å². The van der Waals surface area contributed by atoms with Crippen molar-refractivity contribution in [2.24, 2.45) is 0 Å². The zero-order chi connectivity index (χ0) is 12.4. The highest BCUT2D eigenvalue weighted by atomic mass is 79.9. The summed E-state index contributed by atoms with van der Waals surface area (Å²) in [4.78, 5) is 12.8. The van der Waals surface area contributed by atoms with Crippen LogP contribution in [0.5, 0.6) is 0 Å². The molecule has 2 rings (SSSR count). The lowest BCUT2D eigenvalue weighted by atomic mass is 10.0. The number of rotatable bonds is 2. The van der Waals surface area contributed by atoms with Crippen molar-refractivity contribution >= 4 is 33.3 Å². The summed E-state index contributed by atoms with van der Waals surface area (Å²) in [5.74, 6) is 0.905. The minimum Gasteiger partial charge on any atom is -0.355 e. The molecule has 1 aromatic rings. The van der Waals surface area contributed by atoms with E-state index in [0.717, 1.165) is 36.2 Å². The summed E-state index contributed by atoms with van der Waals surface area (Å²) in [5, 5.41) is 0.477. The smallest absolute Gasteiger partial charge is 0.148 e. The lowest BCUT2D eigenvalue weighted by Crippen LogP contribution is -2.42. The SMILES string of the molecule is CN(C)C1CCN(c2ncnc(Cl)c2Br)CC1. The molecular formula is C11H16BrClN4. The molecule has 4 nitrogen and oxygen atoms in total. The van der Waals surface area contributed by atoms with Gasteiger partial charge in [-0.1, -0.05) is 11.6 Å². The highest BCUT2D eigenvalue weighted by molar-refractivity contribution is 9.10. The van der Waals surface area contributed by atoms with Gasteiger partial charge in [-0.25, -0.2) is 9.97 Å². The maximum Gasteiger partial charge on any atom is 0.148 e. The lowest BCUT2D eigenvalue weighted by molar-refractivity contribution is 0.249. The molecule has 1 fully saturated rings. The zero-order valence-electron chi connectivity index (χ0n) is 10.0. The molecule has 1 aliphatic heterocycles. The molecule has 1 aromatic heterocycles. The van der Waals surface area contributed by atoms with Gasteiger partial charge in [-0.2, -0.15) is 0 Å². The van der Waals surface area contributed by atoms with Crippen molar-refractivity contribution in [3.8, 4) is 0 Å². The van der Waals surface area contributed by atoms with Crippen LogP contribution in [-0.4, -0.2) is 48.1 Å². The van der Waals surface area contributed by atoms with E-state index in [1.165, 1.54) is 6.33 Å². The Hall–Kier alpha value is -0.390. The summed E-state index contributed by atoms with van der Waals surface area (Å²) >= 11 is 9.43. The molecule has 1 saturated heterocycles. The number of halogens is 2. The lowest BCUT2D eigenvalue weighted by Gasteiger charge is -2.36. The molecule has 0 aromatic carbocycles. The molecule has 0 saturated carbocycles. The van der Waals surface area contributed by atoms with Gasteiger partial charge in [0, 0.05) is 19.1 Å². The molecule has 2 heterocycles. The van der Waals surface area contributed by atoms with Gasteiger partial charge in [0.25, 0.3) is 0 Å². The molecule has 0 amide bonds. The number of anilines is 1. The number of hydrogen-bond acceptors (Lipinski definition) is 4. The number of piperidine rings is 1. The fourth-order valence-corrected chi connectivity index (χ4v) is 2.74. The van der Waals surface area contributed by atoms with Gasteiger partial charge in [0.1, 0.15) is 17.3 Å². The van der Waals surface area contributed by atoms with Crippen LogP contribution in [0, 0.1) is 0 Å². The summed E-state index contributed by atoms with van der Waals surface area (Å²) < 4.78 is 0.796. The zero-order valence-corrected chi connectivity index (χ0v) is 12.4. The minimum atomic E-state index is 0.477. The largest absolute Gasteiger partial charge is 0.355 e. The van der Waals surface area contributed by atoms with Crippen LogP contribution in [0.2, 0.25) is 5.15 Å². The Balaban J connectivity index is 2.08. The Kier molecular flexibility index (Phi) is 4.22. The van der Waals surface area contributed by atoms with Crippen molar-refractivity contribution in [1.82, 2.24) is 14.9 Å². The van der Waals surface area contributed by atoms with E-state index in [1.54, 1.807) is 0 Å². The first kappa shape index (κ1) is 13.1. The molecule has 0 atom stereocenters. The second kappa shape index (κ2) is 5.50. The van der Waals surface area contributed by atoms with Crippen molar-refractivity contribution in [3.05, 3.63) is 16.0 Å². The molecule has 0 spiro atoms. The van der Waals surface area contributed by atoms with Crippen LogP contribution in [0.3, 0.4) is 0 Å². The average molecular weight is 320 g/mol. The Morgan fingerprint density at radius 1 is 1.35 bits per heavy atom. The first-order chi connectivity index (χ1) is 8.09. The normalized spacial score (nSPS) is 17.8. The van der Waals surface area contributed by atoms with Crippen molar-refractivity contribution in [2.45, 2.75) is 18.9 Å². The van der Waals surface area contributed by atoms with E-state index < -0.39 is 0 Å². The summed E-state index contributed by atoms with van der Waals surface area (Å²) in [6.07, 6.45) is 3.82. The van der Waals surface area contributed by atoms with E-state index in [1.807, 2.05) is 0 Å². The van der Waals surface area contributed by atoms with E-state index in [2.05, 4.69) is 49.8 Å². The predicted octanol–water partition coefficient (Wildman–Crippen LogP) is 2.42. The van der Waals surface area contributed by atoms with Crippen LogP contribution in [0.15, 0.2) is 10.8 Å². The van der Waals surface area contributed by atoms with Gasteiger partial charge in [-0.05, 0) is 42.9 Å². The number of hydrogen-bond donors (Lipinski definition) is 0. The predicted molar refractivity (Wildman–Crippen MR) is 73.7 cm³/mol. The highest BCUT2D eigenvalue weighted by Gasteiger charge is 2.23. The molecule has 0 N–H and O–H groups in total. The van der Waals surface area contributed by atoms with E-state index in [-0.39, 0.29) is 0 Å². The third-order valence-electron chi connectivity index (χ3n) is 3.22. The second-order valence-corrected chi connectivity index (χ2v) is 5.63. The molecule has 0 radical (unpaired) electrons. The standard InChI is InChI=1S/C11H16BrClN4/c1-16(2)8-3-5-17(6-4-8)11-9(12)10(13)14-7-15-11/h7-8H,3-6H2,1-2H3. The van der Waals surface area contributed by atoms with E-state index in [0.29, 0.717) is 11.2 Å². The monoisotopic (exact) mass is 318 g/mol. The maximum atomic E-state index is 5.98. The van der Waals surface area contributed by atoms with Crippen molar-refractivity contribution in [1.29, 1.82) is 0 Å². The average Bonchev–Trinajstić information content (AvgIpc) is 2.33. The molecule has 94 valence electrons. The maximum absolute atomic E-state index is 5.98. The molecular weight excluding hydrogens is 304 g/mol. The van der Waals surface area contributed by atoms with Crippen LogP contribution in [0.25, 0.3) is 0 Å². The minimum absolute atomic E-state index is 0.477. The quantitative estimate of drug-likeness (QED) is 0.784. The molecule has 6 heteroatoms. The van der Waals surface area contributed by atoms with Gasteiger partial charge in [0.2, 0.25) is 0 Å². The van der Waals surface area contributed by atoms with E-state index in [9.17, 15) is 0 Å². The molecule has 1 aliphatic rings. The van der Waals surface area contributed by atoms with Crippen LogP contribution >= 0.6 is 27.5 Å². The highest BCUT2D eigenvalue weighted by Crippen LogP contribution is 2.31. The van der Waals surface area contributed by atoms with Crippen molar-refractivity contribution in [3.63, 3.8) is 0 Å². The number of nitrogens with zero attached hydrogens (tertiary/aromatic N) is 4. The van der Waals surface area contributed by atoms with E-state index >= 15 is 0 Å². The summed E-state index contributed by atoms with van der Waals surface area (Å²) in [6, 6.07) is 0.669. The van der Waals surface area contributed by atoms with Crippen LogP contribution < -0.4 is 4.90 Å².